The summed E-state index contributed by atoms with van der Waals surface area (Å²) >= 11 is 0. The number of piperidine rings is 1. The predicted octanol–water partition coefficient (Wildman–Crippen LogP) is 0.992. The first-order valence-corrected chi connectivity index (χ1v) is 6.26. The molecule has 102 valence electrons. The van der Waals surface area contributed by atoms with E-state index in [-0.39, 0.29) is 30.4 Å². The summed E-state index contributed by atoms with van der Waals surface area (Å²) in [5.41, 5.74) is 5.91. The van der Waals surface area contributed by atoms with Gasteiger partial charge in [0.25, 0.3) is 0 Å². The number of amides is 1. The fourth-order valence-corrected chi connectivity index (χ4v) is 2.23. The SMILES string of the molecule is CC(C)NC(=O)CN1CCCC(C(C)N)C1.Cl. The monoisotopic (exact) mass is 263 g/mol. The molecule has 2 atom stereocenters. The molecule has 0 saturated carbocycles. The molecule has 1 aliphatic rings. The number of nitrogens with one attached hydrogen (secondary N) is 1. The van der Waals surface area contributed by atoms with Gasteiger partial charge in [0, 0.05) is 18.6 Å². The zero-order chi connectivity index (χ0) is 12.1. The minimum Gasteiger partial charge on any atom is -0.353 e. The lowest BCUT2D eigenvalue weighted by atomic mass is 9.92. The van der Waals surface area contributed by atoms with Gasteiger partial charge in [0.05, 0.1) is 6.54 Å². The second-order valence-corrected chi connectivity index (χ2v) is 5.22. The van der Waals surface area contributed by atoms with E-state index in [1.165, 1.54) is 6.42 Å². The molecular formula is C12H26ClN3O. The quantitative estimate of drug-likeness (QED) is 0.795. The van der Waals surface area contributed by atoms with Gasteiger partial charge in [0.2, 0.25) is 5.91 Å². The molecule has 0 spiro atoms. The molecule has 4 nitrogen and oxygen atoms in total. The first-order chi connectivity index (χ1) is 7.49. The molecule has 2 unspecified atom stereocenters. The Kier molecular flexibility index (Phi) is 7.75. The van der Waals surface area contributed by atoms with Crippen LogP contribution in [-0.2, 0) is 4.79 Å². The van der Waals surface area contributed by atoms with Crippen LogP contribution in [-0.4, -0.2) is 42.5 Å². The molecule has 0 bridgehead atoms. The van der Waals surface area contributed by atoms with Crippen molar-refractivity contribution in [3.63, 3.8) is 0 Å². The predicted molar refractivity (Wildman–Crippen MR) is 73.3 cm³/mol. The summed E-state index contributed by atoms with van der Waals surface area (Å²) in [6.45, 7) is 8.53. The molecule has 1 aliphatic heterocycles. The van der Waals surface area contributed by atoms with Crippen molar-refractivity contribution in [3.05, 3.63) is 0 Å². The number of rotatable bonds is 4. The van der Waals surface area contributed by atoms with Gasteiger partial charge in [-0.1, -0.05) is 0 Å². The van der Waals surface area contributed by atoms with Crippen molar-refractivity contribution in [3.8, 4) is 0 Å². The number of likely N-dealkylation sites (tertiary alicyclic amines) is 1. The van der Waals surface area contributed by atoms with Crippen LogP contribution in [0.5, 0.6) is 0 Å². The number of nitrogens with zero attached hydrogens (tertiary/aromatic N) is 1. The molecule has 5 heteroatoms. The lowest BCUT2D eigenvalue weighted by Gasteiger charge is -2.34. The topological polar surface area (TPSA) is 58.4 Å². The van der Waals surface area contributed by atoms with E-state index in [0.717, 1.165) is 19.5 Å². The summed E-state index contributed by atoms with van der Waals surface area (Å²) in [4.78, 5) is 13.8. The van der Waals surface area contributed by atoms with Gasteiger partial charge in [-0.25, -0.2) is 0 Å². The molecule has 1 saturated heterocycles. The summed E-state index contributed by atoms with van der Waals surface area (Å²) in [5.74, 6) is 0.668. The summed E-state index contributed by atoms with van der Waals surface area (Å²) in [5, 5.41) is 2.92. The minimum absolute atomic E-state index is 0. The molecule has 1 fully saturated rings. The van der Waals surface area contributed by atoms with E-state index in [9.17, 15) is 4.79 Å². The Morgan fingerprint density at radius 2 is 2.12 bits per heavy atom. The maximum absolute atomic E-state index is 11.6. The third-order valence-electron chi connectivity index (χ3n) is 3.10. The van der Waals surface area contributed by atoms with Crippen LogP contribution in [0.4, 0.5) is 0 Å². The first-order valence-electron chi connectivity index (χ1n) is 6.26. The Morgan fingerprint density at radius 3 is 2.65 bits per heavy atom. The molecule has 0 radical (unpaired) electrons. The first kappa shape index (κ1) is 16.7. The molecule has 0 aromatic rings. The molecule has 1 heterocycles. The van der Waals surface area contributed by atoms with Crippen molar-refractivity contribution < 1.29 is 4.79 Å². The number of hydrogen-bond acceptors (Lipinski definition) is 3. The van der Waals surface area contributed by atoms with E-state index < -0.39 is 0 Å². The van der Waals surface area contributed by atoms with Crippen LogP contribution in [0.25, 0.3) is 0 Å². The fourth-order valence-electron chi connectivity index (χ4n) is 2.23. The van der Waals surface area contributed by atoms with E-state index in [2.05, 4.69) is 17.1 Å². The van der Waals surface area contributed by atoms with Crippen LogP contribution in [0.15, 0.2) is 0 Å². The van der Waals surface area contributed by atoms with E-state index in [1.807, 2.05) is 13.8 Å². The standard InChI is InChI=1S/C12H25N3O.ClH/c1-9(2)14-12(16)8-15-6-4-5-11(7-15)10(3)13;/h9-11H,4-8,13H2,1-3H3,(H,14,16);1H. The van der Waals surface area contributed by atoms with Gasteiger partial charge in [-0.3, -0.25) is 9.69 Å². The highest BCUT2D eigenvalue weighted by molar-refractivity contribution is 5.85. The van der Waals surface area contributed by atoms with Crippen LogP contribution in [0.3, 0.4) is 0 Å². The van der Waals surface area contributed by atoms with Crippen molar-refractivity contribution in [1.29, 1.82) is 0 Å². The number of carbonyl (C=O) groups excluding carboxylic acids is 1. The number of halogens is 1. The molecule has 3 N–H and O–H groups in total. The smallest absolute Gasteiger partial charge is 0.234 e. The second-order valence-electron chi connectivity index (χ2n) is 5.22. The Bertz CT molecular complexity index is 234. The highest BCUT2D eigenvalue weighted by Crippen LogP contribution is 2.18. The third-order valence-corrected chi connectivity index (χ3v) is 3.10. The van der Waals surface area contributed by atoms with E-state index in [4.69, 9.17) is 5.73 Å². The maximum Gasteiger partial charge on any atom is 0.234 e. The fraction of sp³-hybridized carbons (Fsp3) is 0.917. The molecule has 1 amide bonds. The largest absolute Gasteiger partial charge is 0.353 e. The molecule has 17 heavy (non-hydrogen) atoms. The van der Waals surface area contributed by atoms with E-state index in [1.54, 1.807) is 0 Å². The molecule has 1 rings (SSSR count). The third kappa shape index (κ3) is 6.24. The van der Waals surface area contributed by atoms with Gasteiger partial charge in [-0.05, 0) is 46.1 Å². The lowest BCUT2D eigenvalue weighted by molar-refractivity contribution is -0.123. The van der Waals surface area contributed by atoms with Crippen molar-refractivity contribution in [2.75, 3.05) is 19.6 Å². The molecule has 0 aromatic heterocycles. The number of hydrogen-bond donors (Lipinski definition) is 2. The zero-order valence-corrected chi connectivity index (χ0v) is 11.9. The lowest BCUT2D eigenvalue weighted by Crippen LogP contribution is -2.47. The van der Waals surface area contributed by atoms with Crippen LogP contribution in [0, 0.1) is 5.92 Å². The van der Waals surface area contributed by atoms with Crippen molar-refractivity contribution >= 4 is 18.3 Å². The Morgan fingerprint density at radius 1 is 1.47 bits per heavy atom. The summed E-state index contributed by atoms with van der Waals surface area (Å²) in [6.07, 6.45) is 2.35. The van der Waals surface area contributed by atoms with Crippen LogP contribution in [0.2, 0.25) is 0 Å². The molecule has 0 aromatic carbocycles. The normalized spacial score (nSPS) is 23.0. The Balaban J connectivity index is 0.00000256. The summed E-state index contributed by atoms with van der Waals surface area (Å²) < 4.78 is 0. The van der Waals surface area contributed by atoms with Crippen LogP contribution >= 0.6 is 12.4 Å². The summed E-state index contributed by atoms with van der Waals surface area (Å²) in [6, 6.07) is 0.456. The van der Waals surface area contributed by atoms with Gasteiger partial charge in [-0.15, -0.1) is 12.4 Å². The van der Waals surface area contributed by atoms with Crippen molar-refractivity contribution in [1.82, 2.24) is 10.2 Å². The minimum atomic E-state index is 0. The Hall–Kier alpha value is -0.320. The molecule has 0 aliphatic carbocycles. The van der Waals surface area contributed by atoms with Crippen molar-refractivity contribution in [2.45, 2.75) is 45.7 Å². The van der Waals surface area contributed by atoms with Crippen LogP contribution < -0.4 is 11.1 Å². The number of nitrogens with two attached hydrogens (primary N) is 1. The second kappa shape index (κ2) is 7.90. The zero-order valence-electron chi connectivity index (χ0n) is 11.1. The average Bonchev–Trinajstić information content (AvgIpc) is 2.16. The molecular weight excluding hydrogens is 238 g/mol. The van der Waals surface area contributed by atoms with E-state index >= 15 is 0 Å². The van der Waals surface area contributed by atoms with E-state index in [0.29, 0.717) is 12.5 Å². The van der Waals surface area contributed by atoms with Crippen molar-refractivity contribution in [2.24, 2.45) is 11.7 Å². The van der Waals surface area contributed by atoms with Crippen LogP contribution in [0.1, 0.15) is 33.6 Å². The summed E-state index contributed by atoms with van der Waals surface area (Å²) in [7, 11) is 0. The maximum atomic E-state index is 11.6. The van der Waals surface area contributed by atoms with Gasteiger partial charge in [-0.2, -0.15) is 0 Å². The van der Waals surface area contributed by atoms with Gasteiger partial charge >= 0.3 is 0 Å². The average molecular weight is 264 g/mol. The van der Waals surface area contributed by atoms with Gasteiger partial charge in [0.1, 0.15) is 0 Å². The van der Waals surface area contributed by atoms with Gasteiger partial charge < -0.3 is 11.1 Å². The van der Waals surface area contributed by atoms with Gasteiger partial charge in [0.15, 0.2) is 0 Å². The highest BCUT2D eigenvalue weighted by atomic mass is 35.5. The Labute approximate surface area is 111 Å². The number of carbonyl (C=O) groups is 1. The highest BCUT2D eigenvalue weighted by Gasteiger charge is 2.23.